The molecule has 1 aliphatic heterocycles. The Labute approximate surface area is 171 Å². The van der Waals surface area contributed by atoms with Crippen LogP contribution in [0.3, 0.4) is 0 Å². The number of carbonyl (C=O) groups excluding carboxylic acids is 3. The summed E-state index contributed by atoms with van der Waals surface area (Å²) in [6, 6.07) is 5.49. The zero-order valence-corrected chi connectivity index (χ0v) is 17.4. The topological polar surface area (TPSA) is 109 Å². The summed E-state index contributed by atoms with van der Waals surface area (Å²) in [6.45, 7) is 0.164. The van der Waals surface area contributed by atoms with Crippen molar-refractivity contribution in [3.05, 3.63) is 34.9 Å². The van der Waals surface area contributed by atoms with E-state index in [2.05, 4.69) is 10.6 Å². The van der Waals surface area contributed by atoms with E-state index in [9.17, 15) is 22.8 Å². The van der Waals surface area contributed by atoms with Crippen molar-refractivity contribution in [1.29, 1.82) is 0 Å². The van der Waals surface area contributed by atoms with Gasteiger partial charge in [0.15, 0.2) is 15.6 Å². The fraction of sp³-hybridized carbons (Fsp3) is 0.571. The van der Waals surface area contributed by atoms with Crippen molar-refractivity contribution in [1.82, 2.24) is 10.6 Å². The van der Waals surface area contributed by atoms with Gasteiger partial charge in [-0.25, -0.2) is 8.42 Å². The summed E-state index contributed by atoms with van der Waals surface area (Å²) in [6.07, 6.45) is 5.15. The lowest BCUT2D eigenvalue weighted by atomic mass is 9.89. The fourth-order valence-corrected chi connectivity index (χ4v) is 5.56. The number of nitrogens with one attached hydrogen (secondary N) is 2. The van der Waals surface area contributed by atoms with Crippen molar-refractivity contribution in [3.8, 4) is 0 Å². The molecule has 1 heterocycles. The van der Waals surface area contributed by atoms with Gasteiger partial charge in [-0.15, -0.1) is 0 Å². The van der Waals surface area contributed by atoms with Crippen LogP contribution in [0.1, 0.15) is 60.0 Å². The Kier molecular flexibility index (Phi) is 7.05. The van der Waals surface area contributed by atoms with Gasteiger partial charge < -0.3 is 10.6 Å². The standard InChI is InChI=1S/C21H28N2O5S/c24-19(17-6-5-15-3-1-2-4-16(15)13-17)7-8-20(25)22-11-9-21(26)23-18-10-12-29(27,28)14-18/h5-6,13,18H,1-4,7-12,14H2,(H,22,25)(H,23,26)/t18-/m1/s1. The van der Waals surface area contributed by atoms with Gasteiger partial charge >= 0.3 is 0 Å². The first-order valence-electron chi connectivity index (χ1n) is 10.2. The van der Waals surface area contributed by atoms with Crippen LogP contribution in [0.5, 0.6) is 0 Å². The van der Waals surface area contributed by atoms with Crippen LogP contribution in [-0.2, 0) is 32.3 Å². The SMILES string of the molecule is O=C(CCC(=O)c1ccc2c(c1)CCCC2)NCCC(=O)N[C@@H]1CCS(=O)(=O)C1. The maximum atomic E-state index is 12.4. The van der Waals surface area contributed by atoms with Crippen molar-refractivity contribution >= 4 is 27.4 Å². The van der Waals surface area contributed by atoms with Gasteiger partial charge in [0.05, 0.1) is 11.5 Å². The van der Waals surface area contributed by atoms with E-state index in [1.54, 1.807) is 0 Å². The number of hydrogen-bond acceptors (Lipinski definition) is 5. The second-order valence-corrected chi connectivity index (χ2v) is 10.1. The van der Waals surface area contributed by atoms with E-state index in [-0.39, 0.29) is 61.0 Å². The number of sulfone groups is 1. The van der Waals surface area contributed by atoms with E-state index in [0.29, 0.717) is 12.0 Å². The molecule has 3 rings (SSSR count). The number of ketones is 1. The van der Waals surface area contributed by atoms with Crippen molar-refractivity contribution in [2.24, 2.45) is 0 Å². The van der Waals surface area contributed by atoms with Gasteiger partial charge in [-0.05, 0) is 49.3 Å². The molecule has 1 atom stereocenters. The van der Waals surface area contributed by atoms with Crippen LogP contribution in [0, 0.1) is 0 Å². The molecule has 2 amide bonds. The molecule has 7 nitrogen and oxygen atoms in total. The molecule has 29 heavy (non-hydrogen) atoms. The average Bonchev–Trinajstić information content (AvgIpc) is 3.03. The van der Waals surface area contributed by atoms with Gasteiger partial charge in [-0.3, -0.25) is 14.4 Å². The molecule has 2 aliphatic rings. The molecule has 0 spiro atoms. The van der Waals surface area contributed by atoms with Gasteiger partial charge in [0.2, 0.25) is 11.8 Å². The smallest absolute Gasteiger partial charge is 0.222 e. The molecule has 2 N–H and O–H groups in total. The monoisotopic (exact) mass is 420 g/mol. The predicted octanol–water partition coefficient (Wildman–Crippen LogP) is 1.34. The number of aryl methyl sites for hydroxylation is 2. The third kappa shape index (κ3) is 6.39. The first-order valence-corrected chi connectivity index (χ1v) is 12.1. The minimum atomic E-state index is -3.04. The van der Waals surface area contributed by atoms with Crippen molar-refractivity contribution in [2.45, 2.75) is 57.4 Å². The normalized spacial score (nSPS) is 19.9. The number of benzene rings is 1. The van der Waals surface area contributed by atoms with E-state index < -0.39 is 9.84 Å². The Morgan fingerprint density at radius 1 is 0.966 bits per heavy atom. The Morgan fingerprint density at radius 3 is 2.45 bits per heavy atom. The summed E-state index contributed by atoms with van der Waals surface area (Å²) in [4.78, 5) is 36.2. The first-order chi connectivity index (χ1) is 13.8. The van der Waals surface area contributed by atoms with Gasteiger partial charge in [0.25, 0.3) is 0 Å². The minimum Gasteiger partial charge on any atom is -0.356 e. The highest BCUT2D eigenvalue weighted by molar-refractivity contribution is 7.91. The molecule has 1 saturated heterocycles. The molecule has 0 unspecified atom stereocenters. The number of hydrogen-bond donors (Lipinski definition) is 2. The molecule has 1 aromatic carbocycles. The van der Waals surface area contributed by atoms with Crippen molar-refractivity contribution in [2.75, 3.05) is 18.1 Å². The minimum absolute atomic E-state index is 0.0180. The Bertz CT molecular complexity index is 894. The summed E-state index contributed by atoms with van der Waals surface area (Å²) < 4.78 is 22.8. The highest BCUT2D eigenvalue weighted by Gasteiger charge is 2.28. The molecule has 0 bridgehead atoms. The van der Waals surface area contributed by atoms with Crippen LogP contribution in [0.25, 0.3) is 0 Å². The van der Waals surface area contributed by atoms with Crippen LogP contribution in [-0.4, -0.2) is 50.1 Å². The highest BCUT2D eigenvalue weighted by atomic mass is 32.2. The molecule has 1 fully saturated rings. The first kappa shape index (κ1) is 21.5. The summed E-state index contributed by atoms with van der Waals surface area (Å²) >= 11 is 0. The molecule has 0 radical (unpaired) electrons. The van der Waals surface area contributed by atoms with Gasteiger partial charge in [0.1, 0.15) is 0 Å². The fourth-order valence-electron chi connectivity index (χ4n) is 3.89. The number of amides is 2. The predicted molar refractivity (Wildman–Crippen MR) is 109 cm³/mol. The number of carbonyl (C=O) groups is 3. The molecule has 1 aromatic rings. The number of Topliss-reactive ketones (excluding diaryl/α,β-unsaturated/α-hetero) is 1. The number of rotatable bonds is 8. The Hall–Kier alpha value is -2.22. The summed E-state index contributed by atoms with van der Waals surface area (Å²) in [5.74, 6) is -0.512. The molecule has 0 saturated carbocycles. The van der Waals surface area contributed by atoms with Crippen LogP contribution >= 0.6 is 0 Å². The second kappa shape index (κ2) is 9.52. The van der Waals surface area contributed by atoms with E-state index >= 15 is 0 Å². The van der Waals surface area contributed by atoms with Gasteiger partial charge in [-0.2, -0.15) is 0 Å². The summed E-state index contributed by atoms with van der Waals surface area (Å²) in [5.41, 5.74) is 3.22. The Balaban J connectivity index is 1.34. The maximum Gasteiger partial charge on any atom is 0.222 e. The second-order valence-electron chi connectivity index (χ2n) is 7.88. The largest absolute Gasteiger partial charge is 0.356 e. The van der Waals surface area contributed by atoms with E-state index in [0.717, 1.165) is 19.3 Å². The van der Waals surface area contributed by atoms with E-state index in [1.807, 2.05) is 18.2 Å². The molecule has 8 heteroatoms. The summed E-state index contributed by atoms with van der Waals surface area (Å²) in [5, 5.41) is 5.32. The molecule has 0 aromatic heterocycles. The number of fused-ring (bicyclic) bond motifs is 1. The average molecular weight is 421 g/mol. The Morgan fingerprint density at radius 2 is 1.72 bits per heavy atom. The maximum absolute atomic E-state index is 12.4. The third-order valence-corrected chi connectivity index (χ3v) is 7.29. The molecular formula is C21H28N2O5S. The van der Waals surface area contributed by atoms with Crippen molar-refractivity contribution < 1.29 is 22.8 Å². The lowest BCUT2D eigenvalue weighted by Gasteiger charge is -2.16. The van der Waals surface area contributed by atoms with Crippen LogP contribution < -0.4 is 10.6 Å². The molecule has 158 valence electrons. The molecular weight excluding hydrogens is 392 g/mol. The highest BCUT2D eigenvalue weighted by Crippen LogP contribution is 2.23. The quantitative estimate of drug-likeness (QED) is 0.617. The van der Waals surface area contributed by atoms with Crippen molar-refractivity contribution in [3.63, 3.8) is 0 Å². The third-order valence-electron chi connectivity index (χ3n) is 5.52. The van der Waals surface area contributed by atoms with Crippen LogP contribution in [0.4, 0.5) is 0 Å². The lowest BCUT2D eigenvalue weighted by molar-refractivity contribution is -0.122. The lowest BCUT2D eigenvalue weighted by Crippen LogP contribution is -2.37. The van der Waals surface area contributed by atoms with Crippen LogP contribution in [0.2, 0.25) is 0 Å². The summed E-state index contributed by atoms with van der Waals surface area (Å²) in [7, 11) is -3.04. The van der Waals surface area contributed by atoms with E-state index in [1.165, 1.54) is 17.5 Å². The zero-order chi connectivity index (χ0) is 20.9. The van der Waals surface area contributed by atoms with Crippen LogP contribution in [0.15, 0.2) is 18.2 Å². The zero-order valence-electron chi connectivity index (χ0n) is 16.5. The molecule has 1 aliphatic carbocycles. The van der Waals surface area contributed by atoms with Gasteiger partial charge in [0, 0.05) is 37.4 Å². The van der Waals surface area contributed by atoms with Gasteiger partial charge in [-0.1, -0.05) is 12.1 Å². The van der Waals surface area contributed by atoms with E-state index in [4.69, 9.17) is 0 Å².